The van der Waals surface area contributed by atoms with E-state index in [1.54, 1.807) is 0 Å². The van der Waals surface area contributed by atoms with Crippen molar-refractivity contribution >= 4 is 5.97 Å². The number of hydrogen-bond donors (Lipinski definition) is 0. The summed E-state index contributed by atoms with van der Waals surface area (Å²) in [5, 5.41) is 0. The third-order valence-electron chi connectivity index (χ3n) is 2.25. The van der Waals surface area contributed by atoms with E-state index in [0.717, 1.165) is 25.8 Å². The molecule has 3 heteroatoms. The molecule has 15 heavy (non-hydrogen) atoms. The maximum atomic E-state index is 11.2. The lowest BCUT2D eigenvalue weighted by Crippen LogP contribution is -2.16. The molecule has 0 atom stereocenters. The predicted molar refractivity (Wildman–Crippen MR) is 62.9 cm³/mol. The maximum Gasteiger partial charge on any atom is 0.305 e. The zero-order valence-electron chi connectivity index (χ0n) is 10.4. The number of rotatable bonds is 9. The number of ether oxygens (including phenoxy) is 1. The minimum absolute atomic E-state index is 0.0372. The minimum atomic E-state index is -0.0372. The van der Waals surface area contributed by atoms with E-state index in [0.29, 0.717) is 13.0 Å². The van der Waals surface area contributed by atoms with Crippen LogP contribution >= 0.6 is 0 Å². The summed E-state index contributed by atoms with van der Waals surface area (Å²) in [4.78, 5) is 13.3. The Morgan fingerprint density at radius 2 is 1.87 bits per heavy atom. The van der Waals surface area contributed by atoms with Gasteiger partial charge >= 0.3 is 5.97 Å². The number of unbranched alkanes of at least 4 members (excludes halogenated alkanes) is 3. The lowest BCUT2D eigenvalue weighted by atomic mass is 10.2. The summed E-state index contributed by atoms with van der Waals surface area (Å²) in [6.07, 6.45) is 6.05. The highest BCUT2D eigenvalue weighted by molar-refractivity contribution is 5.69. The zero-order valence-corrected chi connectivity index (χ0v) is 10.4. The molecule has 0 aliphatic carbocycles. The van der Waals surface area contributed by atoms with E-state index in [-0.39, 0.29) is 5.97 Å². The van der Waals surface area contributed by atoms with Crippen molar-refractivity contribution in [2.24, 2.45) is 0 Å². The molecule has 90 valence electrons. The van der Waals surface area contributed by atoms with Crippen LogP contribution in [0.5, 0.6) is 0 Å². The fourth-order valence-electron chi connectivity index (χ4n) is 1.34. The quantitative estimate of drug-likeness (QED) is 0.437. The Morgan fingerprint density at radius 3 is 2.47 bits per heavy atom. The van der Waals surface area contributed by atoms with E-state index in [9.17, 15) is 4.79 Å². The Bertz CT molecular complexity index is 158. The van der Waals surface area contributed by atoms with Gasteiger partial charge in [0.1, 0.15) is 0 Å². The maximum absolute atomic E-state index is 11.2. The highest BCUT2D eigenvalue weighted by Crippen LogP contribution is 2.03. The van der Waals surface area contributed by atoms with Crippen molar-refractivity contribution < 1.29 is 9.53 Å². The summed E-state index contributed by atoms with van der Waals surface area (Å²) in [6.45, 7) is 3.70. The molecule has 0 spiro atoms. The summed E-state index contributed by atoms with van der Waals surface area (Å²) >= 11 is 0. The van der Waals surface area contributed by atoms with E-state index in [4.69, 9.17) is 4.74 Å². The molecule has 0 aliphatic rings. The molecular weight excluding hydrogens is 190 g/mol. The molecule has 0 aromatic heterocycles. The summed E-state index contributed by atoms with van der Waals surface area (Å²) in [5.74, 6) is -0.0372. The van der Waals surface area contributed by atoms with E-state index in [2.05, 4.69) is 11.8 Å². The highest BCUT2D eigenvalue weighted by atomic mass is 16.5. The van der Waals surface area contributed by atoms with Crippen molar-refractivity contribution in [2.45, 2.75) is 45.4 Å². The first kappa shape index (κ1) is 14.4. The molecule has 0 bridgehead atoms. The van der Waals surface area contributed by atoms with Gasteiger partial charge < -0.3 is 9.64 Å². The van der Waals surface area contributed by atoms with Crippen LogP contribution in [0.25, 0.3) is 0 Å². The molecule has 0 heterocycles. The predicted octanol–water partition coefficient (Wildman–Crippen LogP) is 2.45. The first-order chi connectivity index (χ1) is 7.16. The number of nitrogens with zero attached hydrogens (tertiary/aromatic N) is 1. The third-order valence-corrected chi connectivity index (χ3v) is 2.25. The van der Waals surface area contributed by atoms with Gasteiger partial charge in [-0.05, 0) is 26.9 Å². The van der Waals surface area contributed by atoms with Gasteiger partial charge in [-0.25, -0.2) is 0 Å². The highest BCUT2D eigenvalue weighted by Gasteiger charge is 2.01. The average Bonchev–Trinajstić information content (AvgIpc) is 2.19. The lowest BCUT2D eigenvalue weighted by molar-refractivity contribution is -0.143. The van der Waals surface area contributed by atoms with Gasteiger partial charge in [-0.2, -0.15) is 0 Å². The van der Waals surface area contributed by atoms with Gasteiger partial charge in [-0.15, -0.1) is 0 Å². The number of carbonyl (C=O) groups is 1. The molecule has 0 aromatic carbocycles. The van der Waals surface area contributed by atoms with Crippen LogP contribution in [0, 0.1) is 0 Å². The molecule has 0 aromatic rings. The SMILES string of the molecule is CCCCCCC(=O)OCCCN(C)C. The second-order valence-electron chi connectivity index (χ2n) is 4.19. The van der Waals surface area contributed by atoms with Gasteiger partial charge in [0.2, 0.25) is 0 Å². The van der Waals surface area contributed by atoms with Gasteiger partial charge in [-0.3, -0.25) is 4.79 Å². The van der Waals surface area contributed by atoms with E-state index in [1.807, 2.05) is 14.1 Å². The summed E-state index contributed by atoms with van der Waals surface area (Å²) in [5.41, 5.74) is 0. The molecule has 0 aliphatic heterocycles. The van der Waals surface area contributed by atoms with Crippen molar-refractivity contribution in [3.63, 3.8) is 0 Å². The number of hydrogen-bond acceptors (Lipinski definition) is 3. The minimum Gasteiger partial charge on any atom is -0.466 e. The zero-order chi connectivity index (χ0) is 11.5. The topological polar surface area (TPSA) is 29.5 Å². The smallest absolute Gasteiger partial charge is 0.305 e. The van der Waals surface area contributed by atoms with Crippen molar-refractivity contribution in [1.82, 2.24) is 4.90 Å². The molecular formula is C12H25NO2. The third kappa shape index (κ3) is 11.4. The fraction of sp³-hybridized carbons (Fsp3) is 0.917. The molecule has 3 nitrogen and oxygen atoms in total. The van der Waals surface area contributed by atoms with Crippen LogP contribution in [0.3, 0.4) is 0 Å². The first-order valence-corrected chi connectivity index (χ1v) is 5.97. The summed E-state index contributed by atoms with van der Waals surface area (Å²) in [7, 11) is 4.04. The fourth-order valence-corrected chi connectivity index (χ4v) is 1.34. The van der Waals surface area contributed by atoms with Crippen LogP contribution < -0.4 is 0 Å². The Hall–Kier alpha value is -0.570. The van der Waals surface area contributed by atoms with E-state index >= 15 is 0 Å². The first-order valence-electron chi connectivity index (χ1n) is 5.97. The van der Waals surface area contributed by atoms with Crippen LogP contribution in [0.15, 0.2) is 0 Å². The molecule has 0 radical (unpaired) electrons. The van der Waals surface area contributed by atoms with Crippen molar-refractivity contribution in [2.75, 3.05) is 27.2 Å². The van der Waals surface area contributed by atoms with Gasteiger partial charge in [0.15, 0.2) is 0 Å². The molecule has 0 N–H and O–H groups in total. The average molecular weight is 215 g/mol. The Kier molecular flexibility index (Phi) is 9.59. The van der Waals surface area contributed by atoms with Crippen molar-refractivity contribution in [1.29, 1.82) is 0 Å². The Morgan fingerprint density at radius 1 is 1.13 bits per heavy atom. The molecule has 0 saturated heterocycles. The van der Waals surface area contributed by atoms with Gasteiger partial charge in [0.25, 0.3) is 0 Å². The summed E-state index contributed by atoms with van der Waals surface area (Å²) in [6, 6.07) is 0. The van der Waals surface area contributed by atoms with E-state index < -0.39 is 0 Å². The largest absolute Gasteiger partial charge is 0.466 e. The second-order valence-corrected chi connectivity index (χ2v) is 4.19. The van der Waals surface area contributed by atoms with Gasteiger partial charge in [0.05, 0.1) is 6.61 Å². The molecule has 0 fully saturated rings. The van der Waals surface area contributed by atoms with Crippen LogP contribution in [0.4, 0.5) is 0 Å². The van der Waals surface area contributed by atoms with Crippen molar-refractivity contribution in [3.05, 3.63) is 0 Å². The van der Waals surface area contributed by atoms with Gasteiger partial charge in [0, 0.05) is 13.0 Å². The Labute approximate surface area is 93.8 Å². The Balaban J connectivity index is 3.19. The number of esters is 1. The van der Waals surface area contributed by atoms with Crippen LogP contribution in [-0.4, -0.2) is 38.1 Å². The summed E-state index contributed by atoms with van der Waals surface area (Å²) < 4.78 is 5.11. The van der Waals surface area contributed by atoms with Crippen LogP contribution in [0.2, 0.25) is 0 Å². The molecule has 0 unspecified atom stereocenters. The molecule has 0 amide bonds. The standard InChI is InChI=1S/C12H25NO2/c1-4-5-6-7-9-12(14)15-11-8-10-13(2)3/h4-11H2,1-3H3. The van der Waals surface area contributed by atoms with Crippen LogP contribution in [0.1, 0.15) is 45.4 Å². The van der Waals surface area contributed by atoms with E-state index in [1.165, 1.54) is 12.8 Å². The second kappa shape index (κ2) is 9.97. The normalized spacial score (nSPS) is 10.7. The van der Waals surface area contributed by atoms with Gasteiger partial charge in [-0.1, -0.05) is 26.2 Å². The number of carbonyl (C=O) groups excluding carboxylic acids is 1. The monoisotopic (exact) mass is 215 g/mol. The molecule has 0 saturated carbocycles. The van der Waals surface area contributed by atoms with Crippen LogP contribution in [-0.2, 0) is 9.53 Å². The lowest BCUT2D eigenvalue weighted by Gasteiger charge is -2.09. The van der Waals surface area contributed by atoms with Crippen molar-refractivity contribution in [3.8, 4) is 0 Å². The molecule has 0 rings (SSSR count).